The number of nitrogens with two attached hydrogens (primary N) is 1. The first kappa shape index (κ1) is 24.2. The van der Waals surface area contributed by atoms with Gasteiger partial charge in [-0.25, -0.2) is 4.79 Å². The lowest BCUT2D eigenvalue weighted by Crippen LogP contribution is -2.52. The zero-order valence-electron chi connectivity index (χ0n) is 20.5. The van der Waals surface area contributed by atoms with Crippen LogP contribution in [0.15, 0.2) is 54.6 Å². The van der Waals surface area contributed by atoms with Crippen LogP contribution in [0.3, 0.4) is 0 Å². The zero-order valence-corrected chi connectivity index (χ0v) is 20.5. The summed E-state index contributed by atoms with van der Waals surface area (Å²) < 4.78 is 0. The van der Waals surface area contributed by atoms with E-state index >= 15 is 0 Å². The molecule has 36 heavy (non-hydrogen) atoms. The van der Waals surface area contributed by atoms with Gasteiger partial charge in [-0.3, -0.25) is 9.59 Å². The summed E-state index contributed by atoms with van der Waals surface area (Å²) in [6.45, 7) is 0.897. The van der Waals surface area contributed by atoms with E-state index in [1.54, 1.807) is 0 Å². The third kappa shape index (κ3) is 4.90. The Morgan fingerprint density at radius 3 is 2.53 bits per heavy atom. The molecule has 2 aliphatic heterocycles. The minimum absolute atomic E-state index is 0.00660. The number of carbonyl (C=O) groups excluding carboxylic acids is 3. The fourth-order valence-electron chi connectivity index (χ4n) is 6.29. The number of nitrogens with zero attached hydrogens (tertiary/aromatic N) is 1. The molecule has 1 saturated heterocycles. The normalized spacial score (nSPS) is 26.8. The predicted octanol–water partition coefficient (Wildman–Crippen LogP) is 3.48. The van der Waals surface area contributed by atoms with Gasteiger partial charge in [0.2, 0.25) is 11.8 Å². The highest BCUT2D eigenvalue weighted by Gasteiger charge is 2.48. The summed E-state index contributed by atoms with van der Waals surface area (Å²) in [5, 5.41) is 9.45. The van der Waals surface area contributed by atoms with E-state index in [1.165, 1.54) is 11.1 Å². The lowest BCUT2D eigenvalue weighted by molar-refractivity contribution is -0.138. The molecule has 3 aliphatic rings. The van der Waals surface area contributed by atoms with Crippen LogP contribution < -0.4 is 21.7 Å². The van der Waals surface area contributed by atoms with E-state index in [4.69, 9.17) is 5.73 Å². The summed E-state index contributed by atoms with van der Waals surface area (Å²) in [5.41, 5.74) is 8.65. The largest absolute Gasteiger partial charge is 0.378 e. The van der Waals surface area contributed by atoms with Crippen molar-refractivity contribution in [1.82, 2.24) is 15.5 Å². The van der Waals surface area contributed by atoms with E-state index in [-0.39, 0.29) is 54.9 Å². The summed E-state index contributed by atoms with van der Waals surface area (Å²) >= 11 is 0. The molecule has 2 aromatic rings. The van der Waals surface area contributed by atoms with Crippen molar-refractivity contribution in [3.05, 3.63) is 65.7 Å². The molecule has 2 heterocycles. The van der Waals surface area contributed by atoms with Crippen molar-refractivity contribution in [2.24, 2.45) is 17.6 Å². The molecule has 2 aromatic carbocycles. The number of urea groups is 1. The molecule has 1 unspecified atom stereocenters. The number of anilines is 1. The smallest absolute Gasteiger partial charge is 0.315 e. The number of primary amides is 1. The molecule has 0 radical (unpaired) electrons. The number of para-hydroxylation sites is 1. The molecule has 5 atom stereocenters. The van der Waals surface area contributed by atoms with E-state index in [0.717, 1.165) is 37.8 Å². The standard InChI is InChI=1S/C28H35N5O3/c29-24(34)14-16-30-28(36)32-23-13-7-5-11-20(23)27(35)33-17-15-21-25(18-8-2-1-3-9-18)31-22-12-6-4-10-19(22)26(21)33/h1-4,6,8-10,12,20-21,23,25-26,31H,5,7,11,13-17H2,(H2,29,34)(H2,30,32,36)/t20-,21+,23+,25?,26-/m0/s1. The maximum atomic E-state index is 14.1. The zero-order chi connectivity index (χ0) is 25.1. The number of amides is 4. The van der Waals surface area contributed by atoms with E-state index in [2.05, 4.69) is 57.2 Å². The minimum atomic E-state index is -0.458. The summed E-state index contributed by atoms with van der Waals surface area (Å²) in [6, 6.07) is 18.4. The Morgan fingerprint density at radius 2 is 1.72 bits per heavy atom. The molecule has 8 heteroatoms. The Labute approximate surface area is 212 Å². The van der Waals surface area contributed by atoms with Gasteiger partial charge in [0.05, 0.1) is 18.0 Å². The van der Waals surface area contributed by atoms with Gasteiger partial charge in [0.15, 0.2) is 0 Å². The molecule has 190 valence electrons. The molecular formula is C28H35N5O3. The maximum Gasteiger partial charge on any atom is 0.315 e. The number of hydrogen-bond acceptors (Lipinski definition) is 4. The highest BCUT2D eigenvalue weighted by atomic mass is 16.2. The number of carbonyl (C=O) groups is 3. The highest BCUT2D eigenvalue weighted by molar-refractivity contribution is 5.83. The maximum absolute atomic E-state index is 14.1. The Bertz CT molecular complexity index is 1110. The van der Waals surface area contributed by atoms with E-state index in [1.807, 2.05) is 18.2 Å². The van der Waals surface area contributed by atoms with Crippen LogP contribution >= 0.6 is 0 Å². The minimum Gasteiger partial charge on any atom is -0.378 e. The SMILES string of the molecule is NC(=O)CCNC(=O)N[C@@H]1CCCC[C@@H]1C(=O)N1CC[C@@H]2C(c3ccccc3)Nc3ccccc3[C@@H]21. The van der Waals surface area contributed by atoms with Crippen molar-refractivity contribution in [2.45, 2.75) is 56.7 Å². The first-order valence-electron chi connectivity index (χ1n) is 13.1. The van der Waals surface area contributed by atoms with Gasteiger partial charge in [0, 0.05) is 37.2 Å². The quantitative estimate of drug-likeness (QED) is 0.497. The fourth-order valence-corrected chi connectivity index (χ4v) is 6.29. The molecule has 0 aromatic heterocycles. The van der Waals surface area contributed by atoms with Gasteiger partial charge in [-0.1, -0.05) is 61.4 Å². The van der Waals surface area contributed by atoms with Crippen LogP contribution in [-0.2, 0) is 9.59 Å². The number of fused-ring (bicyclic) bond motifs is 3. The van der Waals surface area contributed by atoms with Gasteiger partial charge in [0.1, 0.15) is 0 Å². The highest BCUT2D eigenvalue weighted by Crippen LogP contribution is 2.51. The first-order chi connectivity index (χ1) is 17.5. The van der Waals surface area contributed by atoms with E-state index in [9.17, 15) is 14.4 Å². The molecule has 1 aliphatic carbocycles. The second-order valence-electron chi connectivity index (χ2n) is 10.2. The lowest BCUT2D eigenvalue weighted by atomic mass is 9.79. The number of hydrogen-bond donors (Lipinski definition) is 4. The van der Waals surface area contributed by atoms with Crippen LogP contribution in [0.2, 0.25) is 0 Å². The van der Waals surface area contributed by atoms with Crippen molar-refractivity contribution in [1.29, 1.82) is 0 Å². The van der Waals surface area contributed by atoms with Crippen LogP contribution in [0.25, 0.3) is 0 Å². The van der Waals surface area contributed by atoms with Crippen LogP contribution in [0.1, 0.15) is 61.7 Å². The molecule has 5 rings (SSSR count). The number of benzene rings is 2. The molecule has 0 bridgehead atoms. The molecule has 0 spiro atoms. The molecular weight excluding hydrogens is 454 g/mol. The number of likely N-dealkylation sites (tertiary alicyclic amines) is 1. The van der Waals surface area contributed by atoms with E-state index < -0.39 is 5.91 Å². The van der Waals surface area contributed by atoms with Crippen LogP contribution in [0.5, 0.6) is 0 Å². The third-order valence-corrected chi connectivity index (χ3v) is 7.96. The van der Waals surface area contributed by atoms with Crippen LogP contribution in [0, 0.1) is 11.8 Å². The topological polar surface area (TPSA) is 117 Å². The molecule has 2 fully saturated rings. The fraction of sp³-hybridized carbons (Fsp3) is 0.464. The summed E-state index contributed by atoms with van der Waals surface area (Å²) in [4.78, 5) is 39.6. The lowest BCUT2D eigenvalue weighted by Gasteiger charge is -2.42. The molecule has 8 nitrogen and oxygen atoms in total. The van der Waals surface area contributed by atoms with Gasteiger partial charge >= 0.3 is 6.03 Å². The molecule has 5 N–H and O–H groups in total. The Kier molecular flexibility index (Phi) is 7.11. The monoisotopic (exact) mass is 489 g/mol. The number of rotatable bonds is 6. The molecule has 4 amide bonds. The van der Waals surface area contributed by atoms with Crippen molar-refractivity contribution < 1.29 is 14.4 Å². The van der Waals surface area contributed by atoms with Gasteiger partial charge in [-0.2, -0.15) is 0 Å². The number of nitrogens with one attached hydrogen (secondary N) is 3. The summed E-state index contributed by atoms with van der Waals surface area (Å²) in [7, 11) is 0. The van der Waals surface area contributed by atoms with Gasteiger partial charge in [-0.15, -0.1) is 0 Å². The average molecular weight is 490 g/mol. The van der Waals surface area contributed by atoms with Crippen LogP contribution in [-0.4, -0.2) is 41.9 Å². The van der Waals surface area contributed by atoms with Gasteiger partial charge in [0.25, 0.3) is 0 Å². The third-order valence-electron chi connectivity index (χ3n) is 7.96. The van der Waals surface area contributed by atoms with Gasteiger partial charge in [-0.05, 0) is 36.5 Å². The molecule has 1 saturated carbocycles. The van der Waals surface area contributed by atoms with E-state index in [0.29, 0.717) is 6.54 Å². The van der Waals surface area contributed by atoms with Crippen molar-refractivity contribution in [2.75, 3.05) is 18.4 Å². The predicted molar refractivity (Wildman–Crippen MR) is 138 cm³/mol. The average Bonchev–Trinajstić information content (AvgIpc) is 3.34. The second kappa shape index (κ2) is 10.6. The second-order valence-corrected chi connectivity index (χ2v) is 10.2. The van der Waals surface area contributed by atoms with Crippen molar-refractivity contribution >= 4 is 23.5 Å². The van der Waals surface area contributed by atoms with Crippen molar-refractivity contribution in [3.8, 4) is 0 Å². The Hall–Kier alpha value is -3.55. The summed E-state index contributed by atoms with van der Waals surface area (Å²) in [5.74, 6) is -0.302. The summed E-state index contributed by atoms with van der Waals surface area (Å²) in [6.07, 6.45) is 4.51. The Morgan fingerprint density at radius 1 is 0.972 bits per heavy atom. The Balaban J connectivity index is 1.36. The van der Waals surface area contributed by atoms with Crippen molar-refractivity contribution in [3.63, 3.8) is 0 Å². The van der Waals surface area contributed by atoms with Gasteiger partial charge < -0.3 is 26.6 Å². The first-order valence-corrected chi connectivity index (χ1v) is 13.1. The van der Waals surface area contributed by atoms with Crippen LogP contribution in [0.4, 0.5) is 10.5 Å².